The maximum atomic E-state index is 13.0. The number of carbonyl (C=O) groups excluding carboxylic acids is 3. The Labute approximate surface area is 517 Å². The van der Waals surface area contributed by atoms with Crippen molar-refractivity contribution in [3.05, 3.63) is 60.8 Å². The van der Waals surface area contributed by atoms with Gasteiger partial charge >= 0.3 is 17.9 Å². The molecule has 1 unspecified atom stereocenters. The minimum atomic E-state index is -0.778. The second kappa shape index (κ2) is 71.6. The number of carbonyl (C=O) groups is 3. The molecule has 83 heavy (non-hydrogen) atoms. The van der Waals surface area contributed by atoms with E-state index >= 15 is 0 Å². The molecule has 6 heteroatoms. The average molecular weight is 1160 g/mol. The molecule has 0 aromatic heterocycles. The van der Waals surface area contributed by atoms with Gasteiger partial charge in [0.05, 0.1) is 0 Å². The average Bonchev–Trinajstić information content (AvgIpc) is 3.49. The van der Waals surface area contributed by atoms with Crippen molar-refractivity contribution in [2.45, 2.75) is 399 Å². The summed E-state index contributed by atoms with van der Waals surface area (Å²) in [6, 6.07) is 0. The fraction of sp³-hybridized carbons (Fsp3) is 0.831. The van der Waals surface area contributed by atoms with Gasteiger partial charge in [-0.15, -0.1) is 0 Å². The first-order chi connectivity index (χ1) is 41.0. The van der Waals surface area contributed by atoms with E-state index in [9.17, 15) is 14.4 Å². The predicted molar refractivity (Wildman–Crippen MR) is 362 cm³/mol. The zero-order chi connectivity index (χ0) is 59.9. The highest BCUT2D eigenvalue weighted by molar-refractivity contribution is 5.71. The molecule has 484 valence electrons. The molecule has 6 nitrogen and oxygen atoms in total. The van der Waals surface area contributed by atoms with E-state index in [1.807, 2.05) is 0 Å². The monoisotopic (exact) mass is 1160 g/mol. The normalized spacial score (nSPS) is 12.4. The van der Waals surface area contributed by atoms with E-state index in [2.05, 4.69) is 81.5 Å². The van der Waals surface area contributed by atoms with Gasteiger partial charge in [0.1, 0.15) is 13.2 Å². The van der Waals surface area contributed by atoms with Crippen LogP contribution in [0.15, 0.2) is 60.8 Å². The SMILES string of the molecule is CC/C=C\C/C=C\C/C=C\C/C=C\C/C=C\CCCCCCCCCC(=O)OCC(COC(=O)CCCCCCCCCCCCCCCCCCCCCC)OC(=O)CCCCCCCCCCCCCCCCCCCCCCCC. The Morgan fingerprint density at radius 2 is 0.470 bits per heavy atom. The summed E-state index contributed by atoms with van der Waals surface area (Å²) in [6.45, 7) is 6.60. The fourth-order valence-corrected chi connectivity index (χ4v) is 11.1. The lowest BCUT2D eigenvalue weighted by Crippen LogP contribution is -2.30. The highest BCUT2D eigenvalue weighted by Gasteiger charge is 2.19. The van der Waals surface area contributed by atoms with Crippen LogP contribution >= 0.6 is 0 Å². The lowest BCUT2D eigenvalue weighted by atomic mass is 10.0. The van der Waals surface area contributed by atoms with Gasteiger partial charge in [-0.25, -0.2) is 0 Å². The van der Waals surface area contributed by atoms with Crippen molar-refractivity contribution < 1.29 is 28.6 Å². The van der Waals surface area contributed by atoms with Gasteiger partial charge in [-0.05, 0) is 64.2 Å². The second-order valence-corrected chi connectivity index (χ2v) is 24.8. The van der Waals surface area contributed by atoms with Crippen molar-refractivity contribution in [1.29, 1.82) is 0 Å². The van der Waals surface area contributed by atoms with E-state index in [0.717, 1.165) is 96.3 Å². The van der Waals surface area contributed by atoms with Crippen LogP contribution in [0.2, 0.25) is 0 Å². The van der Waals surface area contributed by atoms with Gasteiger partial charge in [-0.1, -0.05) is 370 Å². The molecule has 0 amide bonds. The third-order valence-electron chi connectivity index (χ3n) is 16.5. The summed E-state index contributed by atoms with van der Waals surface area (Å²) in [4.78, 5) is 38.6. The van der Waals surface area contributed by atoms with Gasteiger partial charge < -0.3 is 14.2 Å². The van der Waals surface area contributed by atoms with Gasteiger partial charge in [-0.3, -0.25) is 14.4 Å². The van der Waals surface area contributed by atoms with E-state index in [1.165, 1.54) is 257 Å². The van der Waals surface area contributed by atoms with Crippen LogP contribution in [0.1, 0.15) is 393 Å². The Bertz CT molecular complexity index is 1470. The molecule has 0 saturated carbocycles. The van der Waals surface area contributed by atoms with Gasteiger partial charge in [0, 0.05) is 19.3 Å². The van der Waals surface area contributed by atoms with Gasteiger partial charge in [-0.2, -0.15) is 0 Å². The van der Waals surface area contributed by atoms with Gasteiger partial charge in [0.15, 0.2) is 6.10 Å². The van der Waals surface area contributed by atoms with E-state index < -0.39 is 6.10 Å². The molecule has 0 aliphatic rings. The third kappa shape index (κ3) is 69.8. The Hall–Kier alpha value is -2.89. The van der Waals surface area contributed by atoms with E-state index in [0.29, 0.717) is 19.3 Å². The van der Waals surface area contributed by atoms with Crippen molar-refractivity contribution in [2.75, 3.05) is 13.2 Å². The summed E-state index contributed by atoms with van der Waals surface area (Å²) >= 11 is 0. The molecule has 0 spiro atoms. The van der Waals surface area contributed by atoms with Crippen LogP contribution in [0.4, 0.5) is 0 Å². The molecule has 0 N–H and O–H groups in total. The Balaban J connectivity index is 4.34. The smallest absolute Gasteiger partial charge is 0.306 e. The van der Waals surface area contributed by atoms with Crippen LogP contribution in [0, 0.1) is 0 Å². The number of esters is 3. The number of allylic oxidation sites excluding steroid dienone is 10. The largest absolute Gasteiger partial charge is 0.462 e. The zero-order valence-corrected chi connectivity index (χ0v) is 55.7. The summed E-state index contributed by atoms with van der Waals surface area (Å²) in [7, 11) is 0. The molecule has 0 radical (unpaired) electrons. The third-order valence-corrected chi connectivity index (χ3v) is 16.5. The zero-order valence-electron chi connectivity index (χ0n) is 55.7. The van der Waals surface area contributed by atoms with Crippen molar-refractivity contribution in [3.8, 4) is 0 Å². The Morgan fingerprint density at radius 3 is 0.735 bits per heavy atom. The molecule has 0 rings (SSSR count). The molecule has 0 fully saturated rings. The molecule has 0 heterocycles. The van der Waals surface area contributed by atoms with Crippen LogP contribution in [0.5, 0.6) is 0 Å². The first-order valence-corrected chi connectivity index (χ1v) is 36.8. The molecule has 0 bridgehead atoms. The molecule has 0 aromatic carbocycles. The molecule has 0 aromatic rings. The predicted octanol–water partition coefficient (Wildman–Crippen LogP) is 25.5. The topological polar surface area (TPSA) is 78.9 Å². The first kappa shape index (κ1) is 80.1. The summed E-state index contributed by atoms with van der Waals surface area (Å²) in [5, 5.41) is 0. The molecule has 1 atom stereocenters. The minimum Gasteiger partial charge on any atom is -0.462 e. The summed E-state index contributed by atoms with van der Waals surface area (Å²) in [5.74, 6) is -0.853. The van der Waals surface area contributed by atoms with Crippen LogP contribution in [0.25, 0.3) is 0 Å². The van der Waals surface area contributed by atoms with Crippen LogP contribution in [-0.2, 0) is 28.6 Å². The maximum Gasteiger partial charge on any atom is 0.306 e. The maximum absolute atomic E-state index is 13.0. The molecule has 0 aliphatic heterocycles. The lowest BCUT2D eigenvalue weighted by molar-refractivity contribution is -0.167. The van der Waals surface area contributed by atoms with E-state index in [4.69, 9.17) is 14.2 Å². The van der Waals surface area contributed by atoms with Crippen molar-refractivity contribution in [3.63, 3.8) is 0 Å². The number of hydrogen-bond acceptors (Lipinski definition) is 6. The second-order valence-electron chi connectivity index (χ2n) is 24.8. The molecule has 0 saturated heterocycles. The van der Waals surface area contributed by atoms with Gasteiger partial charge in [0.25, 0.3) is 0 Å². The standard InChI is InChI=1S/C77H140O6/c1-4-7-10-13-16-19-22-25-28-31-34-37-39-41-43-46-49-52-55-58-61-64-67-70-76(79)82-73-74(72-81-75(78)69-66-63-60-57-54-51-48-45-42-36-33-30-27-24-21-18-15-12-9-6-3)83-77(80)71-68-65-62-59-56-53-50-47-44-40-38-35-32-29-26-23-20-17-14-11-8-5-2/h7,10,16,19,25,28,34,37,41,43,74H,4-6,8-9,11-15,17-18,20-24,26-27,29-33,35-36,38-40,42,44-73H2,1-3H3/b10-7-,19-16-,28-25-,37-34-,43-41-. The van der Waals surface area contributed by atoms with E-state index in [-0.39, 0.29) is 31.1 Å². The van der Waals surface area contributed by atoms with Crippen molar-refractivity contribution in [1.82, 2.24) is 0 Å². The number of unbranched alkanes of at least 4 members (excludes halogenated alkanes) is 47. The van der Waals surface area contributed by atoms with E-state index in [1.54, 1.807) is 0 Å². The highest BCUT2D eigenvalue weighted by atomic mass is 16.6. The molecular formula is C77H140O6. The first-order valence-electron chi connectivity index (χ1n) is 36.8. The molecule has 0 aliphatic carbocycles. The fourth-order valence-electron chi connectivity index (χ4n) is 11.1. The molecular weight excluding hydrogens is 1020 g/mol. The van der Waals surface area contributed by atoms with Crippen molar-refractivity contribution in [2.24, 2.45) is 0 Å². The summed E-state index contributed by atoms with van der Waals surface area (Å²) < 4.78 is 17.0. The number of hydrogen-bond donors (Lipinski definition) is 0. The Morgan fingerprint density at radius 1 is 0.253 bits per heavy atom. The lowest BCUT2D eigenvalue weighted by Gasteiger charge is -2.18. The van der Waals surface area contributed by atoms with Gasteiger partial charge in [0.2, 0.25) is 0 Å². The Kier molecular flexibility index (Phi) is 69.1. The minimum absolute atomic E-state index is 0.0719. The number of rotatable bonds is 68. The summed E-state index contributed by atoms with van der Waals surface area (Å²) in [5.41, 5.74) is 0. The highest BCUT2D eigenvalue weighted by Crippen LogP contribution is 2.19. The van der Waals surface area contributed by atoms with Crippen molar-refractivity contribution >= 4 is 17.9 Å². The van der Waals surface area contributed by atoms with Crippen LogP contribution < -0.4 is 0 Å². The number of ether oxygens (including phenoxy) is 3. The quantitative estimate of drug-likeness (QED) is 0.0261. The summed E-state index contributed by atoms with van der Waals surface area (Å²) in [6.07, 6.45) is 92.5. The van der Waals surface area contributed by atoms with Crippen LogP contribution in [-0.4, -0.2) is 37.2 Å². The van der Waals surface area contributed by atoms with Crippen LogP contribution in [0.3, 0.4) is 0 Å².